The smallest absolute Gasteiger partial charge is 0.0666 e. The largest absolute Gasteiger partial charge is 0.313 e. The zero-order valence-electron chi connectivity index (χ0n) is 10.9. The molecule has 0 bridgehead atoms. The topological polar surface area (TPSA) is 39.1 Å². The van der Waals surface area contributed by atoms with Gasteiger partial charge >= 0.3 is 0 Å². The van der Waals surface area contributed by atoms with E-state index in [4.69, 9.17) is 5.26 Å². The van der Waals surface area contributed by atoms with Crippen LogP contribution in [0.2, 0.25) is 0 Å². The molecule has 1 saturated heterocycles. The lowest BCUT2D eigenvalue weighted by Gasteiger charge is -2.35. The molecule has 3 nitrogen and oxygen atoms in total. The standard InChI is InChI=1S/C13H25N3/c1-4-16-7-5-6-13(10-16)12(3)15-9-11(2)8-14/h11-13,15H,4-7,9-10H2,1-3H3. The zero-order valence-corrected chi connectivity index (χ0v) is 10.9. The van der Waals surface area contributed by atoms with Crippen molar-refractivity contribution in [3.63, 3.8) is 0 Å². The van der Waals surface area contributed by atoms with E-state index in [0.717, 1.165) is 19.0 Å². The predicted octanol–water partition coefficient (Wildman–Crippen LogP) is 1.86. The highest BCUT2D eigenvalue weighted by atomic mass is 15.1. The Bertz CT molecular complexity index is 234. The Morgan fingerprint density at radius 1 is 1.50 bits per heavy atom. The minimum atomic E-state index is 0.119. The third kappa shape index (κ3) is 4.11. The number of nitrogens with one attached hydrogen (secondary N) is 1. The summed E-state index contributed by atoms with van der Waals surface area (Å²) in [5.74, 6) is 0.868. The van der Waals surface area contributed by atoms with Crippen molar-refractivity contribution in [1.29, 1.82) is 5.26 Å². The third-order valence-electron chi connectivity index (χ3n) is 3.66. The van der Waals surface area contributed by atoms with E-state index in [1.54, 1.807) is 0 Å². The quantitative estimate of drug-likeness (QED) is 0.773. The van der Waals surface area contributed by atoms with Crippen LogP contribution in [0, 0.1) is 23.2 Å². The Labute approximate surface area is 99.8 Å². The minimum absolute atomic E-state index is 0.119. The number of hydrogen-bond donors (Lipinski definition) is 1. The molecule has 92 valence electrons. The van der Waals surface area contributed by atoms with Gasteiger partial charge in [-0.3, -0.25) is 0 Å². The fraction of sp³-hybridized carbons (Fsp3) is 0.923. The normalized spacial score (nSPS) is 26.0. The Morgan fingerprint density at radius 2 is 2.25 bits per heavy atom. The van der Waals surface area contributed by atoms with Crippen LogP contribution in [0.15, 0.2) is 0 Å². The van der Waals surface area contributed by atoms with Crippen LogP contribution in [-0.2, 0) is 0 Å². The summed E-state index contributed by atoms with van der Waals surface area (Å²) in [6.45, 7) is 10.9. The maximum atomic E-state index is 8.74. The first-order chi connectivity index (χ1) is 7.67. The molecular weight excluding hydrogens is 198 g/mol. The fourth-order valence-electron chi connectivity index (χ4n) is 2.36. The molecule has 3 unspecified atom stereocenters. The summed E-state index contributed by atoms with van der Waals surface area (Å²) in [6, 6.07) is 2.80. The highest BCUT2D eigenvalue weighted by molar-refractivity contribution is 4.84. The summed E-state index contributed by atoms with van der Waals surface area (Å²) in [7, 11) is 0. The summed E-state index contributed by atoms with van der Waals surface area (Å²) >= 11 is 0. The number of nitriles is 1. The molecule has 1 rings (SSSR count). The van der Waals surface area contributed by atoms with Crippen molar-refractivity contribution in [3.8, 4) is 6.07 Å². The van der Waals surface area contributed by atoms with E-state index in [0.29, 0.717) is 6.04 Å². The Morgan fingerprint density at radius 3 is 2.88 bits per heavy atom. The van der Waals surface area contributed by atoms with Gasteiger partial charge in [-0.2, -0.15) is 5.26 Å². The molecule has 0 spiro atoms. The van der Waals surface area contributed by atoms with Crippen molar-refractivity contribution in [2.45, 2.75) is 39.7 Å². The number of nitrogens with zero attached hydrogens (tertiary/aromatic N) is 2. The third-order valence-corrected chi connectivity index (χ3v) is 3.66. The molecule has 0 amide bonds. The molecular formula is C13H25N3. The van der Waals surface area contributed by atoms with Crippen LogP contribution in [0.1, 0.15) is 33.6 Å². The summed E-state index contributed by atoms with van der Waals surface area (Å²) in [5.41, 5.74) is 0. The van der Waals surface area contributed by atoms with Crippen LogP contribution in [0.5, 0.6) is 0 Å². The van der Waals surface area contributed by atoms with Gasteiger partial charge in [-0.1, -0.05) is 6.92 Å². The van der Waals surface area contributed by atoms with Gasteiger partial charge in [0.05, 0.1) is 12.0 Å². The van der Waals surface area contributed by atoms with Gasteiger partial charge in [0, 0.05) is 19.1 Å². The van der Waals surface area contributed by atoms with Crippen LogP contribution in [0.4, 0.5) is 0 Å². The van der Waals surface area contributed by atoms with E-state index in [-0.39, 0.29) is 5.92 Å². The van der Waals surface area contributed by atoms with Crippen LogP contribution >= 0.6 is 0 Å². The first-order valence-electron chi connectivity index (χ1n) is 6.52. The van der Waals surface area contributed by atoms with E-state index in [2.05, 4.69) is 30.1 Å². The summed E-state index contributed by atoms with van der Waals surface area (Å²) in [5, 5.41) is 12.2. The van der Waals surface area contributed by atoms with E-state index in [1.165, 1.54) is 25.9 Å². The second-order valence-electron chi connectivity index (χ2n) is 5.02. The lowest BCUT2D eigenvalue weighted by molar-refractivity contribution is 0.156. The SMILES string of the molecule is CCN1CCCC(C(C)NCC(C)C#N)C1. The number of hydrogen-bond acceptors (Lipinski definition) is 3. The molecule has 0 saturated carbocycles. The van der Waals surface area contributed by atoms with Gasteiger partial charge in [-0.15, -0.1) is 0 Å². The van der Waals surface area contributed by atoms with E-state index < -0.39 is 0 Å². The molecule has 0 aliphatic carbocycles. The molecule has 3 atom stereocenters. The lowest BCUT2D eigenvalue weighted by Crippen LogP contribution is -2.45. The molecule has 1 aliphatic rings. The van der Waals surface area contributed by atoms with Crippen LogP contribution in [-0.4, -0.2) is 37.1 Å². The molecule has 0 aromatic carbocycles. The molecule has 0 radical (unpaired) electrons. The van der Waals surface area contributed by atoms with Gasteiger partial charge < -0.3 is 10.2 Å². The maximum absolute atomic E-state index is 8.74. The number of piperidine rings is 1. The second kappa shape index (κ2) is 6.88. The molecule has 1 fully saturated rings. The van der Waals surface area contributed by atoms with Gasteiger partial charge in [0.25, 0.3) is 0 Å². The Balaban J connectivity index is 2.30. The van der Waals surface area contributed by atoms with Gasteiger partial charge in [0.1, 0.15) is 0 Å². The minimum Gasteiger partial charge on any atom is -0.313 e. The van der Waals surface area contributed by atoms with Gasteiger partial charge in [0.15, 0.2) is 0 Å². The molecule has 1 aliphatic heterocycles. The Kier molecular flexibility index (Phi) is 5.79. The summed E-state index contributed by atoms with van der Waals surface area (Å²) in [6.07, 6.45) is 2.64. The van der Waals surface area contributed by atoms with Crippen molar-refractivity contribution in [1.82, 2.24) is 10.2 Å². The Hall–Kier alpha value is -0.590. The van der Waals surface area contributed by atoms with E-state index in [1.807, 2.05) is 6.92 Å². The second-order valence-corrected chi connectivity index (χ2v) is 5.02. The number of likely N-dealkylation sites (tertiary alicyclic amines) is 1. The van der Waals surface area contributed by atoms with Crippen LogP contribution < -0.4 is 5.32 Å². The molecule has 0 aromatic rings. The first-order valence-corrected chi connectivity index (χ1v) is 6.52. The van der Waals surface area contributed by atoms with E-state index >= 15 is 0 Å². The fourth-order valence-corrected chi connectivity index (χ4v) is 2.36. The van der Waals surface area contributed by atoms with Crippen LogP contribution in [0.3, 0.4) is 0 Å². The maximum Gasteiger partial charge on any atom is 0.0666 e. The molecule has 16 heavy (non-hydrogen) atoms. The van der Waals surface area contributed by atoms with Crippen molar-refractivity contribution < 1.29 is 0 Å². The molecule has 1 N–H and O–H groups in total. The van der Waals surface area contributed by atoms with Gasteiger partial charge in [-0.25, -0.2) is 0 Å². The van der Waals surface area contributed by atoms with Crippen LogP contribution in [0.25, 0.3) is 0 Å². The lowest BCUT2D eigenvalue weighted by atomic mass is 9.91. The van der Waals surface area contributed by atoms with Crippen molar-refractivity contribution in [3.05, 3.63) is 0 Å². The summed E-state index contributed by atoms with van der Waals surface area (Å²) < 4.78 is 0. The van der Waals surface area contributed by atoms with Crippen molar-refractivity contribution in [2.75, 3.05) is 26.2 Å². The highest BCUT2D eigenvalue weighted by Gasteiger charge is 2.23. The highest BCUT2D eigenvalue weighted by Crippen LogP contribution is 2.19. The first kappa shape index (κ1) is 13.5. The molecule has 1 heterocycles. The van der Waals surface area contributed by atoms with E-state index in [9.17, 15) is 0 Å². The van der Waals surface area contributed by atoms with Crippen molar-refractivity contribution >= 4 is 0 Å². The number of rotatable bonds is 5. The average Bonchev–Trinajstić information content (AvgIpc) is 2.35. The van der Waals surface area contributed by atoms with Crippen molar-refractivity contribution in [2.24, 2.45) is 11.8 Å². The zero-order chi connectivity index (χ0) is 12.0. The molecule has 3 heteroatoms. The average molecular weight is 223 g/mol. The van der Waals surface area contributed by atoms with Gasteiger partial charge in [0.2, 0.25) is 0 Å². The molecule has 0 aromatic heterocycles. The predicted molar refractivity (Wildman–Crippen MR) is 67.1 cm³/mol. The van der Waals surface area contributed by atoms with Gasteiger partial charge in [-0.05, 0) is 45.7 Å². The summed E-state index contributed by atoms with van der Waals surface area (Å²) in [4.78, 5) is 2.53. The monoisotopic (exact) mass is 223 g/mol.